The average molecular weight is 265 g/mol. The maximum absolute atomic E-state index is 12.3. The van der Waals surface area contributed by atoms with Crippen LogP contribution in [0.4, 0.5) is 5.69 Å². The monoisotopic (exact) mass is 265 g/mol. The highest BCUT2D eigenvalue weighted by atomic mass is 16.1. The Kier molecular flexibility index (Phi) is 3.55. The van der Waals surface area contributed by atoms with E-state index in [9.17, 15) is 4.79 Å². The Balaban J connectivity index is 1.67. The summed E-state index contributed by atoms with van der Waals surface area (Å²) >= 11 is 0. The van der Waals surface area contributed by atoms with Gasteiger partial charge in [-0.05, 0) is 30.5 Å². The van der Waals surface area contributed by atoms with Gasteiger partial charge in [-0.25, -0.2) is 0 Å². The number of Topliss-reactive ketones (excluding diaryl/α,β-unsaturated/α-hetero) is 1. The largest absolute Gasteiger partial charge is 0.371 e. The smallest absolute Gasteiger partial charge is 0.164 e. The van der Waals surface area contributed by atoms with E-state index in [1.165, 1.54) is 11.3 Å². The number of carbonyl (C=O) groups is 1. The molecule has 2 nitrogen and oxygen atoms in total. The van der Waals surface area contributed by atoms with Crippen molar-refractivity contribution < 1.29 is 4.79 Å². The minimum absolute atomic E-state index is 0.243. The van der Waals surface area contributed by atoms with Gasteiger partial charge >= 0.3 is 0 Å². The van der Waals surface area contributed by atoms with Gasteiger partial charge in [0, 0.05) is 30.8 Å². The lowest BCUT2D eigenvalue weighted by atomic mass is 10.0. The second-order valence-corrected chi connectivity index (χ2v) is 5.35. The molecule has 0 fully saturated rings. The summed E-state index contributed by atoms with van der Waals surface area (Å²) < 4.78 is 0. The molecule has 1 aliphatic rings. The number of carbonyl (C=O) groups excluding carboxylic acids is 1. The van der Waals surface area contributed by atoms with Gasteiger partial charge in [0.2, 0.25) is 0 Å². The zero-order chi connectivity index (χ0) is 13.9. The predicted molar refractivity (Wildman–Crippen MR) is 82.5 cm³/mol. The summed E-state index contributed by atoms with van der Waals surface area (Å²) in [5, 5.41) is 0. The SMILES string of the molecule is Cc1ccccc1C(=O)CCN1CCc2ccccc21. The zero-order valence-electron chi connectivity index (χ0n) is 11.8. The Labute approximate surface area is 120 Å². The van der Waals surface area contributed by atoms with Crippen molar-refractivity contribution in [3.05, 3.63) is 65.2 Å². The van der Waals surface area contributed by atoms with E-state index in [-0.39, 0.29) is 5.78 Å². The number of aryl methyl sites for hydroxylation is 1. The fourth-order valence-electron chi connectivity index (χ4n) is 2.90. The summed E-state index contributed by atoms with van der Waals surface area (Å²) in [6.45, 7) is 3.84. The molecule has 0 amide bonds. The molecule has 0 bridgehead atoms. The topological polar surface area (TPSA) is 20.3 Å². The Bertz CT molecular complexity index is 633. The molecule has 2 heteroatoms. The molecule has 0 aromatic heterocycles. The number of benzene rings is 2. The van der Waals surface area contributed by atoms with Gasteiger partial charge in [-0.2, -0.15) is 0 Å². The van der Waals surface area contributed by atoms with Gasteiger partial charge in [-0.1, -0.05) is 42.5 Å². The summed E-state index contributed by atoms with van der Waals surface area (Å²) in [7, 11) is 0. The first kappa shape index (κ1) is 12.9. The van der Waals surface area contributed by atoms with Crippen molar-refractivity contribution in [2.75, 3.05) is 18.0 Å². The van der Waals surface area contributed by atoms with Crippen molar-refractivity contribution >= 4 is 11.5 Å². The number of fused-ring (bicyclic) bond motifs is 1. The summed E-state index contributed by atoms with van der Waals surface area (Å²) in [5.74, 6) is 0.243. The highest BCUT2D eigenvalue weighted by molar-refractivity contribution is 5.97. The minimum atomic E-state index is 0.243. The second kappa shape index (κ2) is 5.49. The first-order chi connectivity index (χ1) is 9.75. The highest BCUT2D eigenvalue weighted by Gasteiger charge is 2.19. The molecule has 0 atom stereocenters. The van der Waals surface area contributed by atoms with Crippen LogP contribution in [0.25, 0.3) is 0 Å². The fraction of sp³-hybridized carbons (Fsp3) is 0.278. The molecule has 2 aromatic rings. The Morgan fingerprint density at radius 2 is 1.85 bits per heavy atom. The number of hydrogen-bond donors (Lipinski definition) is 0. The van der Waals surface area contributed by atoms with Crippen LogP contribution in [0.5, 0.6) is 0 Å². The average Bonchev–Trinajstić information content (AvgIpc) is 2.88. The van der Waals surface area contributed by atoms with Gasteiger partial charge < -0.3 is 4.90 Å². The van der Waals surface area contributed by atoms with E-state index in [0.29, 0.717) is 6.42 Å². The summed E-state index contributed by atoms with van der Waals surface area (Å²) in [6, 6.07) is 16.3. The molecule has 0 radical (unpaired) electrons. The van der Waals surface area contributed by atoms with Gasteiger partial charge in [0.25, 0.3) is 0 Å². The summed E-state index contributed by atoms with van der Waals surface area (Å²) in [4.78, 5) is 14.6. The van der Waals surface area contributed by atoms with E-state index in [1.54, 1.807) is 0 Å². The van der Waals surface area contributed by atoms with E-state index < -0.39 is 0 Å². The zero-order valence-corrected chi connectivity index (χ0v) is 11.8. The molecule has 0 spiro atoms. The van der Waals surface area contributed by atoms with Gasteiger partial charge in [-0.3, -0.25) is 4.79 Å². The molecule has 20 heavy (non-hydrogen) atoms. The number of nitrogens with zero attached hydrogens (tertiary/aromatic N) is 1. The van der Waals surface area contributed by atoms with Crippen molar-refractivity contribution in [3.8, 4) is 0 Å². The van der Waals surface area contributed by atoms with Crippen LogP contribution >= 0.6 is 0 Å². The molecule has 1 heterocycles. The third kappa shape index (κ3) is 2.46. The molecule has 102 valence electrons. The standard InChI is InChI=1S/C18H19NO/c1-14-6-2-4-8-16(14)18(20)11-13-19-12-10-15-7-3-5-9-17(15)19/h2-9H,10-13H2,1H3. The predicted octanol–water partition coefficient (Wildman–Crippen LogP) is 3.63. The van der Waals surface area contributed by atoms with Crippen LogP contribution in [0.2, 0.25) is 0 Å². The van der Waals surface area contributed by atoms with E-state index in [0.717, 1.165) is 30.6 Å². The van der Waals surface area contributed by atoms with E-state index in [2.05, 4.69) is 29.2 Å². The number of anilines is 1. The number of para-hydroxylation sites is 1. The normalized spacial score (nSPS) is 13.3. The number of hydrogen-bond acceptors (Lipinski definition) is 2. The van der Waals surface area contributed by atoms with Crippen LogP contribution in [-0.4, -0.2) is 18.9 Å². The van der Waals surface area contributed by atoms with Crippen LogP contribution in [0.3, 0.4) is 0 Å². The molecule has 0 saturated carbocycles. The van der Waals surface area contributed by atoms with Crippen molar-refractivity contribution in [1.82, 2.24) is 0 Å². The minimum Gasteiger partial charge on any atom is -0.371 e. The van der Waals surface area contributed by atoms with Gasteiger partial charge in [-0.15, -0.1) is 0 Å². The number of rotatable bonds is 4. The van der Waals surface area contributed by atoms with E-state index in [1.807, 2.05) is 31.2 Å². The lowest BCUT2D eigenvalue weighted by molar-refractivity contribution is 0.0984. The molecule has 2 aromatic carbocycles. The van der Waals surface area contributed by atoms with Crippen LogP contribution in [0.1, 0.15) is 27.9 Å². The van der Waals surface area contributed by atoms with E-state index >= 15 is 0 Å². The molecular formula is C18H19NO. The molecule has 1 aliphatic heterocycles. The van der Waals surface area contributed by atoms with Crippen molar-refractivity contribution in [1.29, 1.82) is 0 Å². The first-order valence-electron chi connectivity index (χ1n) is 7.17. The van der Waals surface area contributed by atoms with Crippen molar-refractivity contribution in [2.24, 2.45) is 0 Å². The van der Waals surface area contributed by atoms with Crippen molar-refractivity contribution in [3.63, 3.8) is 0 Å². The van der Waals surface area contributed by atoms with Crippen LogP contribution in [-0.2, 0) is 6.42 Å². The molecule has 3 rings (SSSR count). The Hall–Kier alpha value is -2.09. The van der Waals surface area contributed by atoms with E-state index in [4.69, 9.17) is 0 Å². The summed E-state index contributed by atoms with van der Waals surface area (Å²) in [5.41, 5.74) is 4.63. The highest BCUT2D eigenvalue weighted by Crippen LogP contribution is 2.27. The lowest BCUT2D eigenvalue weighted by Crippen LogP contribution is -2.24. The second-order valence-electron chi connectivity index (χ2n) is 5.35. The van der Waals surface area contributed by atoms with Crippen molar-refractivity contribution in [2.45, 2.75) is 19.8 Å². The third-order valence-corrected chi connectivity index (χ3v) is 4.04. The van der Waals surface area contributed by atoms with Gasteiger partial charge in [0.15, 0.2) is 5.78 Å². The Morgan fingerprint density at radius 1 is 1.10 bits per heavy atom. The summed E-state index contributed by atoms with van der Waals surface area (Å²) in [6.07, 6.45) is 1.67. The van der Waals surface area contributed by atoms with Gasteiger partial charge in [0.05, 0.1) is 0 Å². The Morgan fingerprint density at radius 3 is 2.70 bits per heavy atom. The third-order valence-electron chi connectivity index (χ3n) is 4.04. The quantitative estimate of drug-likeness (QED) is 0.787. The van der Waals surface area contributed by atoms with Crippen LogP contribution in [0, 0.1) is 6.92 Å². The molecular weight excluding hydrogens is 246 g/mol. The van der Waals surface area contributed by atoms with Gasteiger partial charge in [0.1, 0.15) is 0 Å². The molecule has 0 aliphatic carbocycles. The molecule has 0 saturated heterocycles. The maximum Gasteiger partial charge on any atom is 0.164 e. The lowest BCUT2D eigenvalue weighted by Gasteiger charge is -2.19. The maximum atomic E-state index is 12.3. The van der Waals surface area contributed by atoms with Crippen LogP contribution in [0.15, 0.2) is 48.5 Å². The fourth-order valence-corrected chi connectivity index (χ4v) is 2.90. The van der Waals surface area contributed by atoms with Crippen LogP contribution < -0.4 is 4.90 Å². The molecule has 0 N–H and O–H groups in total. The number of ketones is 1. The molecule has 0 unspecified atom stereocenters. The first-order valence-corrected chi connectivity index (χ1v) is 7.17.